The van der Waals surface area contributed by atoms with Crippen molar-refractivity contribution >= 4 is 10.0 Å². The van der Waals surface area contributed by atoms with Crippen molar-refractivity contribution < 1.29 is 13.5 Å². The van der Waals surface area contributed by atoms with Gasteiger partial charge < -0.3 is 5.11 Å². The first kappa shape index (κ1) is 13.1. The Hall–Kier alpha value is -0.920. The largest absolute Gasteiger partial charge is 0.393 e. The number of aryl methyl sites for hydroxylation is 1. The fourth-order valence-corrected chi connectivity index (χ4v) is 2.89. The van der Waals surface area contributed by atoms with E-state index in [1.54, 1.807) is 20.8 Å². The molecular formula is C9H17N3O3S. The maximum Gasteiger partial charge on any atom is 0.244 e. The molecule has 1 aromatic heterocycles. The Morgan fingerprint density at radius 2 is 2.19 bits per heavy atom. The average Bonchev–Trinajstić information content (AvgIpc) is 2.48. The van der Waals surface area contributed by atoms with E-state index in [0.717, 1.165) is 0 Å². The number of aliphatic hydroxyl groups excluding tert-OH is 1. The molecule has 0 aromatic carbocycles. The van der Waals surface area contributed by atoms with Crippen LogP contribution in [0.15, 0.2) is 11.1 Å². The van der Waals surface area contributed by atoms with Crippen LogP contribution in [0.2, 0.25) is 0 Å². The zero-order valence-electron chi connectivity index (χ0n) is 9.56. The first-order valence-corrected chi connectivity index (χ1v) is 6.51. The minimum Gasteiger partial charge on any atom is -0.393 e. The van der Waals surface area contributed by atoms with Gasteiger partial charge in [0.05, 0.1) is 18.0 Å². The molecule has 2 atom stereocenters. The molecule has 0 saturated heterocycles. The van der Waals surface area contributed by atoms with Gasteiger partial charge in [-0.05, 0) is 27.2 Å². The van der Waals surface area contributed by atoms with Crippen LogP contribution in [0, 0.1) is 6.92 Å². The van der Waals surface area contributed by atoms with E-state index in [1.165, 1.54) is 6.20 Å². The van der Waals surface area contributed by atoms with Crippen LogP contribution in [0.4, 0.5) is 0 Å². The summed E-state index contributed by atoms with van der Waals surface area (Å²) in [6.07, 6.45) is 1.10. The molecule has 92 valence electrons. The van der Waals surface area contributed by atoms with Crippen molar-refractivity contribution in [2.75, 3.05) is 0 Å². The van der Waals surface area contributed by atoms with E-state index >= 15 is 0 Å². The lowest BCUT2D eigenvalue weighted by atomic mass is 10.2. The van der Waals surface area contributed by atoms with Gasteiger partial charge in [-0.1, -0.05) is 0 Å². The molecule has 0 amide bonds. The highest BCUT2D eigenvalue weighted by molar-refractivity contribution is 7.89. The first-order chi connectivity index (χ1) is 7.33. The zero-order chi connectivity index (χ0) is 12.3. The van der Waals surface area contributed by atoms with Crippen molar-refractivity contribution in [2.24, 2.45) is 0 Å². The third-order valence-corrected chi connectivity index (χ3v) is 3.83. The Kier molecular flexibility index (Phi) is 4.06. The summed E-state index contributed by atoms with van der Waals surface area (Å²) < 4.78 is 26.2. The normalized spacial score (nSPS) is 16.0. The minimum atomic E-state index is -3.55. The second-order valence-electron chi connectivity index (χ2n) is 3.97. The fourth-order valence-electron chi connectivity index (χ4n) is 1.50. The van der Waals surface area contributed by atoms with Gasteiger partial charge in [0.2, 0.25) is 10.0 Å². The van der Waals surface area contributed by atoms with Gasteiger partial charge in [0.1, 0.15) is 4.90 Å². The van der Waals surface area contributed by atoms with E-state index in [0.29, 0.717) is 12.1 Å². The van der Waals surface area contributed by atoms with Crippen molar-refractivity contribution in [2.45, 2.75) is 44.2 Å². The van der Waals surface area contributed by atoms with E-state index < -0.39 is 16.1 Å². The Bertz CT molecular complexity index is 439. The van der Waals surface area contributed by atoms with Gasteiger partial charge in [-0.25, -0.2) is 13.1 Å². The molecule has 0 aliphatic rings. The highest BCUT2D eigenvalue weighted by Crippen LogP contribution is 2.12. The number of aromatic amines is 1. The topological polar surface area (TPSA) is 95.1 Å². The SMILES string of the molecule is Cc1[nH]ncc1S(=O)(=O)NC(C)CC(C)O. The van der Waals surface area contributed by atoms with Crippen LogP contribution >= 0.6 is 0 Å². The van der Waals surface area contributed by atoms with E-state index in [9.17, 15) is 8.42 Å². The zero-order valence-corrected chi connectivity index (χ0v) is 10.4. The lowest BCUT2D eigenvalue weighted by Gasteiger charge is -2.15. The first-order valence-electron chi connectivity index (χ1n) is 5.03. The van der Waals surface area contributed by atoms with Gasteiger partial charge in [-0.3, -0.25) is 5.10 Å². The second-order valence-corrected chi connectivity index (χ2v) is 5.65. The van der Waals surface area contributed by atoms with Gasteiger partial charge >= 0.3 is 0 Å². The van der Waals surface area contributed by atoms with E-state index in [2.05, 4.69) is 14.9 Å². The summed E-state index contributed by atoms with van der Waals surface area (Å²) in [6.45, 7) is 4.97. The van der Waals surface area contributed by atoms with Crippen LogP contribution < -0.4 is 4.72 Å². The van der Waals surface area contributed by atoms with E-state index in [-0.39, 0.29) is 10.9 Å². The lowest BCUT2D eigenvalue weighted by molar-refractivity contribution is 0.175. The molecule has 0 fully saturated rings. The average molecular weight is 247 g/mol. The third-order valence-electron chi connectivity index (χ3n) is 2.12. The summed E-state index contributed by atoms with van der Waals surface area (Å²) in [5.74, 6) is 0. The predicted molar refractivity (Wildman–Crippen MR) is 59.4 cm³/mol. The number of sulfonamides is 1. The second kappa shape index (κ2) is 4.94. The molecule has 0 bridgehead atoms. The molecule has 0 radical (unpaired) electrons. The molecule has 1 rings (SSSR count). The standard InChI is InChI=1S/C9H17N3O3S/c1-6(4-7(2)13)12-16(14,15)9-5-10-11-8(9)3/h5-7,12-13H,4H2,1-3H3,(H,10,11). The van der Waals surface area contributed by atoms with Crippen LogP contribution in [-0.4, -0.2) is 35.9 Å². The molecule has 1 heterocycles. The molecule has 0 spiro atoms. The van der Waals surface area contributed by atoms with Crippen molar-refractivity contribution in [1.82, 2.24) is 14.9 Å². The van der Waals surface area contributed by atoms with Gasteiger partial charge in [-0.2, -0.15) is 5.10 Å². The van der Waals surface area contributed by atoms with Crippen LogP contribution in [0.5, 0.6) is 0 Å². The number of aliphatic hydroxyl groups is 1. The number of nitrogens with one attached hydrogen (secondary N) is 2. The molecule has 16 heavy (non-hydrogen) atoms. The Morgan fingerprint density at radius 1 is 1.56 bits per heavy atom. The van der Waals surface area contributed by atoms with Crippen molar-refractivity contribution in [1.29, 1.82) is 0 Å². The Balaban J connectivity index is 2.77. The fraction of sp³-hybridized carbons (Fsp3) is 0.667. The number of hydrogen-bond acceptors (Lipinski definition) is 4. The molecule has 1 aromatic rings. The third kappa shape index (κ3) is 3.29. The molecule has 2 unspecified atom stereocenters. The molecule has 3 N–H and O–H groups in total. The molecule has 6 nitrogen and oxygen atoms in total. The summed E-state index contributed by atoms with van der Waals surface area (Å²) in [7, 11) is -3.55. The van der Waals surface area contributed by atoms with E-state index in [4.69, 9.17) is 5.11 Å². The maximum atomic E-state index is 11.9. The summed E-state index contributed by atoms with van der Waals surface area (Å²) in [5, 5.41) is 15.4. The summed E-state index contributed by atoms with van der Waals surface area (Å²) >= 11 is 0. The molecule has 0 aliphatic carbocycles. The van der Waals surface area contributed by atoms with Gasteiger partial charge in [-0.15, -0.1) is 0 Å². The van der Waals surface area contributed by atoms with Crippen LogP contribution in [0.3, 0.4) is 0 Å². The number of nitrogens with zero attached hydrogens (tertiary/aromatic N) is 1. The summed E-state index contributed by atoms with van der Waals surface area (Å²) in [4.78, 5) is 0.143. The van der Waals surface area contributed by atoms with Gasteiger partial charge in [0.25, 0.3) is 0 Å². The van der Waals surface area contributed by atoms with E-state index in [1.807, 2.05) is 0 Å². The Labute approximate surface area is 95.1 Å². The Morgan fingerprint density at radius 3 is 2.62 bits per heavy atom. The molecule has 7 heteroatoms. The number of H-pyrrole nitrogens is 1. The van der Waals surface area contributed by atoms with Crippen LogP contribution in [0.1, 0.15) is 26.0 Å². The number of rotatable bonds is 5. The molecule has 0 saturated carbocycles. The molecular weight excluding hydrogens is 230 g/mol. The monoisotopic (exact) mass is 247 g/mol. The van der Waals surface area contributed by atoms with Crippen molar-refractivity contribution in [3.05, 3.63) is 11.9 Å². The highest BCUT2D eigenvalue weighted by Gasteiger charge is 2.21. The number of aromatic nitrogens is 2. The quantitative estimate of drug-likeness (QED) is 0.690. The predicted octanol–water partition coefficient (Wildman–Crippen LogP) is 0.156. The highest BCUT2D eigenvalue weighted by atomic mass is 32.2. The summed E-state index contributed by atoms with van der Waals surface area (Å²) in [6, 6.07) is -0.320. The molecule has 0 aliphatic heterocycles. The van der Waals surface area contributed by atoms with Crippen molar-refractivity contribution in [3.8, 4) is 0 Å². The summed E-state index contributed by atoms with van der Waals surface area (Å²) in [5.41, 5.74) is 0.497. The minimum absolute atomic E-state index is 0.143. The number of hydrogen-bond donors (Lipinski definition) is 3. The maximum absolute atomic E-state index is 11.9. The smallest absolute Gasteiger partial charge is 0.244 e. The van der Waals surface area contributed by atoms with Crippen LogP contribution in [0.25, 0.3) is 0 Å². The lowest BCUT2D eigenvalue weighted by Crippen LogP contribution is -2.34. The van der Waals surface area contributed by atoms with Gasteiger partial charge in [0.15, 0.2) is 0 Å². The van der Waals surface area contributed by atoms with Crippen LogP contribution in [-0.2, 0) is 10.0 Å². The van der Waals surface area contributed by atoms with Gasteiger partial charge in [0, 0.05) is 6.04 Å². The van der Waals surface area contributed by atoms with Crippen molar-refractivity contribution in [3.63, 3.8) is 0 Å².